The van der Waals surface area contributed by atoms with E-state index in [1.165, 1.54) is 66.6 Å². The van der Waals surface area contributed by atoms with Gasteiger partial charge < -0.3 is 4.90 Å². The van der Waals surface area contributed by atoms with E-state index in [1.54, 1.807) is 11.3 Å². The predicted molar refractivity (Wildman–Crippen MR) is 189 cm³/mol. The summed E-state index contributed by atoms with van der Waals surface area (Å²) in [4.78, 5) is 2.82. The fourth-order valence-corrected chi connectivity index (χ4v) is 10.3. The molecule has 3 heterocycles. The Morgan fingerprint density at radius 1 is 0.800 bits per heavy atom. The van der Waals surface area contributed by atoms with E-state index in [4.69, 9.17) is 0 Å². The Hall–Kier alpha value is -4.36. The molecule has 1 heteroatoms. The summed E-state index contributed by atoms with van der Waals surface area (Å²) in [5, 5.41) is 2.78. The average Bonchev–Trinajstić information content (AvgIpc) is 3.40. The summed E-state index contributed by atoms with van der Waals surface area (Å²) in [5.41, 5.74) is 18.0. The number of benzene rings is 4. The lowest BCUT2D eigenvalue weighted by atomic mass is 9.62. The van der Waals surface area contributed by atoms with E-state index < -0.39 is 0 Å². The molecule has 1 fully saturated rings. The number of fused-ring (bicyclic) bond motifs is 3. The lowest BCUT2D eigenvalue weighted by molar-refractivity contribution is 0.325. The second-order valence-electron chi connectivity index (χ2n) is 15.2. The topological polar surface area (TPSA) is 3.24 Å². The van der Waals surface area contributed by atoms with Crippen molar-refractivity contribution >= 4 is 28.1 Å². The van der Waals surface area contributed by atoms with Crippen molar-refractivity contribution in [2.75, 3.05) is 4.90 Å². The van der Waals surface area contributed by atoms with Gasteiger partial charge in [-0.3, -0.25) is 0 Å². The highest BCUT2D eigenvalue weighted by molar-refractivity contribution is 6.08. The van der Waals surface area contributed by atoms with Crippen LogP contribution in [0, 0.1) is 11.8 Å². The molecule has 0 amide bonds. The van der Waals surface area contributed by atoms with Crippen molar-refractivity contribution in [1.82, 2.24) is 0 Å². The van der Waals surface area contributed by atoms with Gasteiger partial charge in [-0.1, -0.05) is 137 Å². The van der Waals surface area contributed by atoms with E-state index >= 15 is 0 Å². The third-order valence-electron chi connectivity index (χ3n) is 12.3. The van der Waals surface area contributed by atoms with Gasteiger partial charge in [0, 0.05) is 34.1 Å². The zero-order valence-corrected chi connectivity index (χ0v) is 26.7. The third kappa shape index (κ3) is 3.14. The summed E-state index contributed by atoms with van der Waals surface area (Å²) in [6.45, 7) is 9.95. The summed E-state index contributed by atoms with van der Waals surface area (Å²) in [6, 6.07) is 27.9. The van der Waals surface area contributed by atoms with Crippen molar-refractivity contribution < 1.29 is 0 Å². The highest BCUT2D eigenvalue weighted by Crippen LogP contribution is 2.65. The summed E-state index contributed by atoms with van der Waals surface area (Å²) in [7, 11) is 0. The summed E-state index contributed by atoms with van der Waals surface area (Å²) in [5.74, 6) is 0.877. The summed E-state index contributed by atoms with van der Waals surface area (Å²) < 4.78 is 0. The van der Waals surface area contributed by atoms with Gasteiger partial charge in [0.2, 0.25) is 0 Å². The number of para-hydroxylation sites is 1. The Morgan fingerprint density at radius 2 is 1.56 bits per heavy atom. The number of allylic oxidation sites excluding steroid dienone is 7. The maximum atomic E-state index is 2.82. The van der Waals surface area contributed by atoms with Gasteiger partial charge in [-0.25, -0.2) is 0 Å². The zero-order valence-electron chi connectivity index (χ0n) is 26.7. The van der Waals surface area contributed by atoms with E-state index in [-0.39, 0.29) is 10.8 Å². The van der Waals surface area contributed by atoms with E-state index in [2.05, 4.69) is 142 Å². The van der Waals surface area contributed by atoms with Crippen LogP contribution in [0.3, 0.4) is 0 Å². The SMILES string of the molecule is CC1(C)C2=C3C(CC(c4c5c(c(-c6ccccc6)c6ccccc46)C=CCC5)=C2)C2=CC=CC4C2N3c2c1cccc2C4(C)C. The van der Waals surface area contributed by atoms with Gasteiger partial charge in [0.15, 0.2) is 0 Å². The Labute approximate surface area is 267 Å². The zero-order chi connectivity index (χ0) is 30.2. The molecule has 45 heavy (non-hydrogen) atoms. The number of rotatable bonds is 2. The lowest BCUT2D eigenvalue weighted by Crippen LogP contribution is -2.52. The number of hydrogen-bond donors (Lipinski definition) is 0. The lowest BCUT2D eigenvalue weighted by Gasteiger charge is -2.54. The molecule has 3 aliphatic heterocycles. The summed E-state index contributed by atoms with van der Waals surface area (Å²) in [6.07, 6.45) is 18.1. The molecule has 4 aromatic rings. The number of hydrogen-bond acceptors (Lipinski definition) is 1. The van der Waals surface area contributed by atoms with Crippen LogP contribution in [-0.2, 0) is 17.3 Å². The molecule has 0 radical (unpaired) electrons. The fourth-order valence-electron chi connectivity index (χ4n) is 10.3. The molecule has 1 saturated heterocycles. The van der Waals surface area contributed by atoms with E-state index in [0.717, 1.165) is 19.3 Å². The summed E-state index contributed by atoms with van der Waals surface area (Å²) >= 11 is 0. The van der Waals surface area contributed by atoms with Gasteiger partial charge in [0.25, 0.3) is 0 Å². The molecule has 3 unspecified atom stereocenters. The molecule has 220 valence electrons. The van der Waals surface area contributed by atoms with E-state index in [1.807, 2.05) is 0 Å². The standard InChI is InChI=1S/C44H39N/c1-43(2)34-21-12-20-32-33-24-27(25-37-41(33)45(40(32)34)42-35(43)22-13-23-36(42)44(37,3)4)39-30-18-10-8-16-28(30)38(26-14-6-5-7-15-26)29-17-9-11-19-31(29)39/h5-10,12-18,20-23,25,33-34,40H,11,19,24H2,1-4H3. The Kier molecular flexibility index (Phi) is 4.99. The minimum atomic E-state index is -0.0781. The van der Waals surface area contributed by atoms with Crippen LogP contribution in [0.2, 0.25) is 0 Å². The molecule has 3 atom stereocenters. The van der Waals surface area contributed by atoms with Crippen LogP contribution in [0.15, 0.2) is 120 Å². The molecular formula is C44H39N. The molecule has 0 spiro atoms. The van der Waals surface area contributed by atoms with Crippen molar-refractivity contribution in [3.8, 4) is 11.1 Å². The van der Waals surface area contributed by atoms with Crippen LogP contribution < -0.4 is 4.90 Å². The largest absolute Gasteiger partial charge is 0.336 e. The van der Waals surface area contributed by atoms with E-state index in [9.17, 15) is 0 Å². The van der Waals surface area contributed by atoms with Crippen LogP contribution in [0.5, 0.6) is 0 Å². The molecule has 10 rings (SSSR count). The van der Waals surface area contributed by atoms with Gasteiger partial charge in [-0.2, -0.15) is 0 Å². The van der Waals surface area contributed by atoms with Crippen LogP contribution in [-0.4, -0.2) is 6.04 Å². The van der Waals surface area contributed by atoms with Crippen LogP contribution >= 0.6 is 0 Å². The maximum Gasteiger partial charge on any atom is 0.0629 e. The normalized spacial score (nSPS) is 25.6. The van der Waals surface area contributed by atoms with Crippen molar-refractivity contribution in [1.29, 1.82) is 0 Å². The fraction of sp³-hybridized carbons (Fsp3) is 0.273. The molecule has 3 aliphatic carbocycles. The van der Waals surface area contributed by atoms with Gasteiger partial charge in [0.05, 0.1) is 6.04 Å². The molecule has 4 aromatic carbocycles. The molecule has 0 N–H and O–H groups in total. The third-order valence-corrected chi connectivity index (χ3v) is 12.3. The molecule has 1 nitrogen and oxygen atoms in total. The molecular weight excluding hydrogens is 542 g/mol. The minimum Gasteiger partial charge on any atom is -0.336 e. The minimum absolute atomic E-state index is 0.0781. The van der Waals surface area contributed by atoms with Crippen molar-refractivity contribution in [3.63, 3.8) is 0 Å². The first-order chi connectivity index (χ1) is 21.9. The van der Waals surface area contributed by atoms with Gasteiger partial charge in [-0.15, -0.1) is 0 Å². The van der Waals surface area contributed by atoms with Crippen LogP contribution in [0.25, 0.3) is 33.5 Å². The second kappa shape index (κ2) is 8.67. The quantitative estimate of drug-likeness (QED) is 0.228. The Morgan fingerprint density at radius 3 is 2.38 bits per heavy atom. The monoisotopic (exact) mass is 581 g/mol. The Bertz CT molecular complexity index is 2140. The van der Waals surface area contributed by atoms with Gasteiger partial charge in [0.1, 0.15) is 0 Å². The van der Waals surface area contributed by atoms with Crippen LogP contribution in [0.4, 0.5) is 5.69 Å². The second-order valence-corrected chi connectivity index (χ2v) is 15.2. The molecule has 6 aliphatic rings. The van der Waals surface area contributed by atoms with Gasteiger partial charge in [-0.05, 0) is 85.7 Å². The average molecular weight is 582 g/mol. The van der Waals surface area contributed by atoms with E-state index in [0.29, 0.717) is 17.9 Å². The number of nitrogens with zero attached hydrogens (tertiary/aromatic N) is 1. The van der Waals surface area contributed by atoms with Crippen molar-refractivity contribution in [2.24, 2.45) is 11.8 Å². The maximum absolute atomic E-state index is 2.82. The van der Waals surface area contributed by atoms with Gasteiger partial charge >= 0.3 is 0 Å². The highest BCUT2D eigenvalue weighted by atomic mass is 15.2. The molecule has 0 saturated carbocycles. The molecule has 0 bridgehead atoms. The smallest absolute Gasteiger partial charge is 0.0629 e. The predicted octanol–water partition coefficient (Wildman–Crippen LogP) is 10.7. The van der Waals surface area contributed by atoms with Crippen molar-refractivity contribution in [2.45, 2.75) is 63.8 Å². The molecule has 0 aromatic heterocycles. The van der Waals surface area contributed by atoms with Crippen molar-refractivity contribution in [3.05, 3.63) is 148 Å². The first kappa shape index (κ1) is 25.9. The highest BCUT2D eigenvalue weighted by Gasteiger charge is 2.59. The Balaban J connectivity index is 1.27. The first-order valence-corrected chi connectivity index (χ1v) is 16.9. The van der Waals surface area contributed by atoms with Crippen LogP contribution in [0.1, 0.15) is 68.4 Å². The number of anilines is 1. The first-order valence-electron chi connectivity index (χ1n) is 16.9.